The minimum absolute atomic E-state index is 0.00850. The molecule has 2 amide bonds. The van der Waals surface area contributed by atoms with Gasteiger partial charge in [-0.05, 0) is 30.7 Å². The zero-order valence-corrected chi connectivity index (χ0v) is 15.5. The van der Waals surface area contributed by atoms with Gasteiger partial charge in [-0.2, -0.15) is 0 Å². The number of hydrogen-bond acceptors (Lipinski definition) is 4. The van der Waals surface area contributed by atoms with Crippen LogP contribution in [0.25, 0.3) is 0 Å². The van der Waals surface area contributed by atoms with Crippen LogP contribution in [0.1, 0.15) is 35.3 Å². The SMILES string of the molecule is C[C@@H](NC(=O)c1ccc(Cl)c(N2C(=O)CCS2(=O)=O)c1)c1ccccc1. The van der Waals surface area contributed by atoms with E-state index in [9.17, 15) is 18.0 Å². The van der Waals surface area contributed by atoms with E-state index in [-0.39, 0.29) is 40.4 Å². The smallest absolute Gasteiger partial charge is 0.251 e. The van der Waals surface area contributed by atoms with E-state index in [0.29, 0.717) is 4.31 Å². The van der Waals surface area contributed by atoms with Crippen molar-refractivity contribution in [3.63, 3.8) is 0 Å². The van der Waals surface area contributed by atoms with Gasteiger partial charge >= 0.3 is 0 Å². The summed E-state index contributed by atoms with van der Waals surface area (Å²) in [5.41, 5.74) is 1.17. The lowest BCUT2D eigenvalue weighted by molar-refractivity contribution is -0.116. The molecule has 26 heavy (non-hydrogen) atoms. The molecule has 0 spiro atoms. The maximum Gasteiger partial charge on any atom is 0.251 e. The van der Waals surface area contributed by atoms with E-state index in [1.165, 1.54) is 18.2 Å². The van der Waals surface area contributed by atoms with Crippen LogP contribution in [-0.2, 0) is 14.8 Å². The highest BCUT2D eigenvalue weighted by Crippen LogP contribution is 2.33. The van der Waals surface area contributed by atoms with Crippen LogP contribution in [-0.4, -0.2) is 26.0 Å². The normalized spacial score (nSPS) is 17.2. The van der Waals surface area contributed by atoms with Crippen LogP contribution in [0, 0.1) is 0 Å². The van der Waals surface area contributed by atoms with Crippen LogP contribution in [0.5, 0.6) is 0 Å². The molecular weight excluding hydrogens is 376 g/mol. The van der Waals surface area contributed by atoms with E-state index >= 15 is 0 Å². The van der Waals surface area contributed by atoms with Crippen molar-refractivity contribution >= 4 is 39.1 Å². The third-order valence-electron chi connectivity index (χ3n) is 4.15. The Labute approximate surface area is 156 Å². The number of halogens is 1. The molecule has 0 aliphatic carbocycles. The average molecular weight is 393 g/mol. The molecule has 0 unspecified atom stereocenters. The Morgan fingerprint density at radius 1 is 1.19 bits per heavy atom. The lowest BCUT2D eigenvalue weighted by atomic mass is 10.1. The van der Waals surface area contributed by atoms with Gasteiger partial charge in [0.2, 0.25) is 15.9 Å². The Morgan fingerprint density at radius 3 is 2.50 bits per heavy atom. The van der Waals surface area contributed by atoms with E-state index in [2.05, 4.69) is 5.32 Å². The highest BCUT2D eigenvalue weighted by atomic mass is 35.5. The third-order valence-corrected chi connectivity index (χ3v) is 6.15. The quantitative estimate of drug-likeness (QED) is 0.867. The summed E-state index contributed by atoms with van der Waals surface area (Å²) in [7, 11) is -3.75. The maximum absolute atomic E-state index is 12.5. The summed E-state index contributed by atoms with van der Waals surface area (Å²) in [5, 5.41) is 2.94. The molecule has 1 atom stereocenters. The van der Waals surface area contributed by atoms with E-state index in [4.69, 9.17) is 11.6 Å². The highest BCUT2D eigenvalue weighted by Gasteiger charge is 2.37. The second kappa shape index (κ2) is 7.09. The van der Waals surface area contributed by atoms with Crippen LogP contribution in [0.4, 0.5) is 5.69 Å². The molecule has 1 saturated heterocycles. The lowest BCUT2D eigenvalue weighted by Crippen LogP contribution is -2.30. The number of amides is 2. The molecule has 136 valence electrons. The van der Waals surface area contributed by atoms with E-state index in [1.807, 2.05) is 37.3 Å². The molecule has 0 saturated carbocycles. The molecule has 2 aromatic rings. The predicted molar refractivity (Wildman–Crippen MR) is 99.7 cm³/mol. The molecule has 0 bridgehead atoms. The molecule has 0 aromatic heterocycles. The predicted octanol–water partition coefficient (Wildman–Crippen LogP) is 2.90. The number of anilines is 1. The maximum atomic E-state index is 12.5. The number of hydrogen-bond donors (Lipinski definition) is 1. The molecule has 1 aliphatic rings. The summed E-state index contributed by atoms with van der Waals surface area (Å²) in [4.78, 5) is 24.5. The summed E-state index contributed by atoms with van der Waals surface area (Å²) in [6.07, 6.45) is -0.0971. The van der Waals surface area contributed by atoms with Crippen molar-refractivity contribution in [3.05, 3.63) is 64.7 Å². The van der Waals surface area contributed by atoms with Crippen molar-refractivity contribution in [2.45, 2.75) is 19.4 Å². The second-order valence-corrected chi connectivity index (χ2v) is 8.34. The number of carbonyl (C=O) groups excluding carboxylic acids is 2. The summed E-state index contributed by atoms with van der Waals surface area (Å²) in [6.45, 7) is 1.85. The van der Waals surface area contributed by atoms with Gasteiger partial charge in [-0.3, -0.25) is 9.59 Å². The molecule has 8 heteroatoms. The van der Waals surface area contributed by atoms with Gasteiger partial charge in [0.25, 0.3) is 5.91 Å². The zero-order valence-electron chi connectivity index (χ0n) is 14.0. The van der Waals surface area contributed by atoms with Gasteiger partial charge in [-0.15, -0.1) is 0 Å². The third kappa shape index (κ3) is 3.59. The Morgan fingerprint density at radius 2 is 1.88 bits per heavy atom. The number of sulfonamides is 1. The van der Waals surface area contributed by atoms with Gasteiger partial charge in [-0.1, -0.05) is 41.9 Å². The molecule has 0 radical (unpaired) electrons. The van der Waals surface area contributed by atoms with Gasteiger partial charge < -0.3 is 5.32 Å². The largest absolute Gasteiger partial charge is 0.346 e. The summed E-state index contributed by atoms with van der Waals surface area (Å²) in [5.74, 6) is -1.20. The first-order valence-electron chi connectivity index (χ1n) is 8.01. The average Bonchev–Trinajstić information content (AvgIpc) is 2.89. The molecule has 1 N–H and O–H groups in total. The Balaban J connectivity index is 1.88. The number of benzene rings is 2. The van der Waals surface area contributed by atoms with Crippen molar-refractivity contribution in [1.82, 2.24) is 5.32 Å². The molecule has 6 nitrogen and oxygen atoms in total. The van der Waals surface area contributed by atoms with Crippen molar-refractivity contribution < 1.29 is 18.0 Å². The lowest BCUT2D eigenvalue weighted by Gasteiger charge is -2.18. The highest BCUT2D eigenvalue weighted by molar-refractivity contribution is 7.94. The first kappa shape index (κ1) is 18.4. The Bertz CT molecular complexity index is 960. The number of carbonyl (C=O) groups is 2. The fourth-order valence-corrected chi connectivity index (χ4v) is 4.48. The minimum atomic E-state index is -3.75. The van der Waals surface area contributed by atoms with Crippen molar-refractivity contribution in [2.75, 3.05) is 10.1 Å². The number of nitrogens with zero attached hydrogens (tertiary/aromatic N) is 1. The van der Waals surface area contributed by atoms with Gasteiger partial charge in [0, 0.05) is 12.0 Å². The van der Waals surface area contributed by atoms with Crippen LogP contribution in [0.15, 0.2) is 48.5 Å². The summed E-state index contributed by atoms with van der Waals surface area (Å²) in [6, 6.07) is 13.4. The molecule has 3 rings (SSSR count). The van der Waals surface area contributed by atoms with Gasteiger partial charge in [-0.25, -0.2) is 12.7 Å². The van der Waals surface area contributed by atoms with E-state index in [1.54, 1.807) is 0 Å². The van der Waals surface area contributed by atoms with E-state index < -0.39 is 15.9 Å². The number of nitrogens with one attached hydrogen (secondary N) is 1. The second-order valence-electron chi connectivity index (χ2n) is 6.00. The Hall–Kier alpha value is -2.38. The molecule has 1 aliphatic heterocycles. The van der Waals surface area contributed by atoms with Crippen molar-refractivity contribution in [3.8, 4) is 0 Å². The summed E-state index contributed by atoms with van der Waals surface area (Å²) < 4.78 is 24.9. The van der Waals surface area contributed by atoms with Gasteiger partial charge in [0.1, 0.15) is 0 Å². The van der Waals surface area contributed by atoms with Crippen LogP contribution in [0.3, 0.4) is 0 Å². The fourth-order valence-electron chi connectivity index (χ4n) is 2.76. The summed E-state index contributed by atoms with van der Waals surface area (Å²) >= 11 is 6.09. The first-order chi connectivity index (χ1) is 12.3. The molecule has 1 heterocycles. The molecule has 1 fully saturated rings. The van der Waals surface area contributed by atoms with Crippen LogP contribution < -0.4 is 9.62 Å². The first-order valence-corrected chi connectivity index (χ1v) is 9.99. The molecular formula is C18H17ClN2O4S. The van der Waals surface area contributed by atoms with Crippen molar-refractivity contribution in [2.24, 2.45) is 0 Å². The van der Waals surface area contributed by atoms with Gasteiger partial charge in [0.15, 0.2) is 0 Å². The topological polar surface area (TPSA) is 83.6 Å². The Kier molecular flexibility index (Phi) is 5.02. The van der Waals surface area contributed by atoms with Crippen molar-refractivity contribution in [1.29, 1.82) is 0 Å². The van der Waals surface area contributed by atoms with Crippen LogP contribution in [0.2, 0.25) is 5.02 Å². The fraction of sp³-hybridized carbons (Fsp3) is 0.222. The minimum Gasteiger partial charge on any atom is -0.346 e. The molecule has 2 aromatic carbocycles. The standard InChI is InChI=1S/C18H17ClN2O4S/c1-12(13-5-3-2-4-6-13)20-18(23)14-7-8-15(19)16(11-14)21-17(22)9-10-26(21,24)25/h2-8,11-12H,9-10H2,1H3,(H,20,23)/t12-/m1/s1. The zero-order chi connectivity index (χ0) is 18.9. The van der Waals surface area contributed by atoms with E-state index in [0.717, 1.165) is 5.56 Å². The number of rotatable bonds is 4. The van der Waals surface area contributed by atoms with Crippen LogP contribution >= 0.6 is 11.6 Å². The van der Waals surface area contributed by atoms with Gasteiger partial charge in [0.05, 0.1) is 22.5 Å². The monoisotopic (exact) mass is 392 g/mol.